The molecule has 148 valence electrons. The predicted octanol–water partition coefficient (Wildman–Crippen LogP) is 5.89. The molecule has 0 aliphatic carbocycles. The quantitative estimate of drug-likeness (QED) is 0.615. The summed E-state index contributed by atoms with van der Waals surface area (Å²) in [5.41, 5.74) is 2.51. The Labute approximate surface area is 176 Å². The molecule has 1 fully saturated rings. The van der Waals surface area contributed by atoms with Crippen molar-refractivity contribution in [3.63, 3.8) is 0 Å². The fraction of sp³-hybridized carbons (Fsp3) is 0.318. The summed E-state index contributed by atoms with van der Waals surface area (Å²) in [6, 6.07) is 11.2. The van der Waals surface area contributed by atoms with Crippen molar-refractivity contribution in [1.82, 2.24) is 0 Å². The second-order valence-corrected chi connectivity index (χ2v) is 7.86. The number of nitrogens with one attached hydrogen (secondary N) is 1. The Bertz CT molecular complexity index is 875. The number of halogens is 2. The third kappa shape index (κ3) is 5.00. The third-order valence-electron chi connectivity index (χ3n) is 4.94. The summed E-state index contributed by atoms with van der Waals surface area (Å²) in [5, 5.41) is 3.87. The average molecular weight is 419 g/mol. The van der Waals surface area contributed by atoms with E-state index in [1.54, 1.807) is 18.2 Å². The molecule has 0 spiro atoms. The van der Waals surface area contributed by atoms with E-state index in [0.29, 0.717) is 21.4 Å². The molecule has 0 aromatic heterocycles. The van der Waals surface area contributed by atoms with Gasteiger partial charge >= 0.3 is 0 Å². The number of benzene rings is 2. The van der Waals surface area contributed by atoms with E-state index in [1.165, 1.54) is 13.2 Å². The largest absolute Gasteiger partial charge is 0.495 e. The number of ether oxygens (including phenoxy) is 1. The van der Waals surface area contributed by atoms with Crippen molar-refractivity contribution in [2.75, 3.05) is 30.4 Å². The number of piperidine rings is 1. The zero-order valence-corrected chi connectivity index (χ0v) is 17.6. The van der Waals surface area contributed by atoms with Crippen LogP contribution in [0, 0.1) is 5.92 Å². The third-order valence-corrected chi connectivity index (χ3v) is 5.44. The number of rotatable bonds is 5. The van der Waals surface area contributed by atoms with Crippen molar-refractivity contribution < 1.29 is 9.53 Å². The van der Waals surface area contributed by atoms with Crippen LogP contribution in [0.3, 0.4) is 0 Å². The highest BCUT2D eigenvalue weighted by Gasteiger charge is 2.18. The van der Waals surface area contributed by atoms with Gasteiger partial charge in [-0.3, -0.25) is 4.79 Å². The van der Waals surface area contributed by atoms with E-state index in [2.05, 4.69) is 23.2 Å². The van der Waals surface area contributed by atoms with Gasteiger partial charge in [-0.15, -0.1) is 0 Å². The maximum Gasteiger partial charge on any atom is 0.248 e. The number of hydrogen-bond acceptors (Lipinski definition) is 3. The van der Waals surface area contributed by atoms with Crippen LogP contribution in [0.5, 0.6) is 5.75 Å². The van der Waals surface area contributed by atoms with Gasteiger partial charge in [0.05, 0.1) is 23.5 Å². The molecule has 1 N–H and O–H groups in total. The number of hydrogen-bond donors (Lipinski definition) is 1. The summed E-state index contributed by atoms with van der Waals surface area (Å²) in [5.74, 6) is 1.01. The first-order valence-corrected chi connectivity index (χ1v) is 10.1. The molecule has 4 nitrogen and oxygen atoms in total. The Balaban J connectivity index is 1.75. The first kappa shape index (κ1) is 20.6. The van der Waals surface area contributed by atoms with Crippen LogP contribution in [-0.4, -0.2) is 26.1 Å². The van der Waals surface area contributed by atoms with Crippen molar-refractivity contribution in [2.24, 2.45) is 5.92 Å². The van der Waals surface area contributed by atoms with Crippen LogP contribution in [-0.2, 0) is 4.79 Å². The minimum absolute atomic E-state index is 0.226. The SMILES string of the molecule is COc1c(Cl)cc(Cl)cc1C=CC(=O)Nc1ccccc1N1CCC(C)CC1. The van der Waals surface area contributed by atoms with Gasteiger partial charge in [-0.05, 0) is 49.1 Å². The number of carbonyl (C=O) groups excluding carboxylic acids is 1. The van der Waals surface area contributed by atoms with E-state index in [-0.39, 0.29) is 5.91 Å². The van der Waals surface area contributed by atoms with Crippen molar-refractivity contribution >= 4 is 46.6 Å². The molecule has 2 aromatic rings. The minimum atomic E-state index is -0.226. The van der Waals surface area contributed by atoms with Gasteiger partial charge in [-0.1, -0.05) is 42.3 Å². The lowest BCUT2D eigenvalue weighted by molar-refractivity contribution is -0.111. The molecular formula is C22H24Cl2N2O2. The van der Waals surface area contributed by atoms with Gasteiger partial charge in [0, 0.05) is 29.8 Å². The smallest absolute Gasteiger partial charge is 0.248 e. The number of nitrogens with zero attached hydrogens (tertiary/aromatic N) is 1. The molecule has 2 aromatic carbocycles. The average Bonchev–Trinajstić information content (AvgIpc) is 2.67. The molecule has 1 amide bonds. The highest BCUT2D eigenvalue weighted by molar-refractivity contribution is 6.36. The number of amides is 1. The first-order chi connectivity index (χ1) is 13.5. The fourth-order valence-corrected chi connectivity index (χ4v) is 3.95. The topological polar surface area (TPSA) is 41.6 Å². The molecule has 3 rings (SSSR count). The second kappa shape index (κ2) is 9.35. The Hall–Kier alpha value is -2.17. The van der Waals surface area contributed by atoms with Crippen molar-refractivity contribution in [3.8, 4) is 5.75 Å². The van der Waals surface area contributed by atoms with E-state index < -0.39 is 0 Å². The number of carbonyl (C=O) groups is 1. The normalized spacial score (nSPS) is 15.1. The zero-order chi connectivity index (χ0) is 20.1. The summed E-state index contributed by atoms with van der Waals surface area (Å²) in [6.45, 7) is 4.29. The molecule has 0 atom stereocenters. The lowest BCUT2D eigenvalue weighted by atomic mass is 9.98. The summed E-state index contributed by atoms with van der Waals surface area (Å²) in [4.78, 5) is 14.9. The van der Waals surface area contributed by atoms with Gasteiger partial charge in [-0.25, -0.2) is 0 Å². The lowest BCUT2D eigenvalue weighted by Crippen LogP contribution is -2.33. The van der Waals surface area contributed by atoms with Crippen LogP contribution >= 0.6 is 23.2 Å². The molecular weight excluding hydrogens is 395 g/mol. The Morgan fingerprint density at radius 3 is 2.64 bits per heavy atom. The molecule has 0 saturated carbocycles. The highest BCUT2D eigenvalue weighted by Crippen LogP contribution is 2.33. The van der Waals surface area contributed by atoms with Crippen LogP contribution in [0.15, 0.2) is 42.5 Å². The van der Waals surface area contributed by atoms with E-state index in [1.807, 2.05) is 18.2 Å². The highest BCUT2D eigenvalue weighted by atomic mass is 35.5. The van der Waals surface area contributed by atoms with Crippen LogP contribution in [0.2, 0.25) is 10.0 Å². The molecule has 1 aliphatic rings. The summed E-state index contributed by atoms with van der Waals surface area (Å²) >= 11 is 12.2. The van der Waals surface area contributed by atoms with Crippen molar-refractivity contribution in [3.05, 3.63) is 58.1 Å². The van der Waals surface area contributed by atoms with Gasteiger partial charge < -0.3 is 15.0 Å². The van der Waals surface area contributed by atoms with E-state index in [0.717, 1.165) is 43.2 Å². The van der Waals surface area contributed by atoms with Gasteiger partial charge in [0.25, 0.3) is 0 Å². The fourth-order valence-electron chi connectivity index (χ4n) is 3.36. The number of anilines is 2. The molecule has 1 heterocycles. The molecule has 0 radical (unpaired) electrons. The second-order valence-electron chi connectivity index (χ2n) is 7.02. The molecule has 0 bridgehead atoms. The maximum atomic E-state index is 12.5. The number of methoxy groups -OCH3 is 1. The van der Waals surface area contributed by atoms with Crippen LogP contribution < -0.4 is 15.0 Å². The van der Waals surface area contributed by atoms with Gasteiger partial charge in [0.15, 0.2) is 0 Å². The van der Waals surface area contributed by atoms with Crippen molar-refractivity contribution in [1.29, 1.82) is 0 Å². The molecule has 1 saturated heterocycles. The molecule has 1 aliphatic heterocycles. The summed E-state index contributed by atoms with van der Waals surface area (Å²) in [6.07, 6.45) is 5.44. The maximum absolute atomic E-state index is 12.5. The monoisotopic (exact) mass is 418 g/mol. The minimum Gasteiger partial charge on any atom is -0.495 e. The molecule has 28 heavy (non-hydrogen) atoms. The van der Waals surface area contributed by atoms with Crippen LogP contribution in [0.1, 0.15) is 25.3 Å². The van der Waals surface area contributed by atoms with E-state index >= 15 is 0 Å². The molecule has 6 heteroatoms. The van der Waals surface area contributed by atoms with Gasteiger partial charge in [-0.2, -0.15) is 0 Å². The number of para-hydroxylation sites is 2. The zero-order valence-electron chi connectivity index (χ0n) is 16.0. The predicted molar refractivity (Wildman–Crippen MR) is 118 cm³/mol. The van der Waals surface area contributed by atoms with Crippen LogP contribution in [0.25, 0.3) is 6.08 Å². The standard InChI is InChI=1S/C22H24Cl2N2O2/c1-15-9-11-26(12-10-15)20-6-4-3-5-19(20)25-21(27)8-7-16-13-17(23)14-18(24)22(16)28-2/h3-8,13-15H,9-12H2,1-2H3,(H,25,27). The Kier molecular flexibility index (Phi) is 6.87. The molecule has 0 unspecified atom stereocenters. The van der Waals surface area contributed by atoms with Gasteiger partial charge in [0.2, 0.25) is 5.91 Å². The van der Waals surface area contributed by atoms with Crippen LogP contribution in [0.4, 0.5) is 11.4 Å². The summed E-state index contributed by atoms with van der Waals surface area (Å²) in [7, 11) is 1.53. The van der Waals surface area contributed by atoms with Crippen molar-refractivity contribution in [2.45, 2.75) is 19.8 Å². The summed E-state index contributed by atoms with van der Waals surface area (Å²) < 4.78 is 5.31. The Morgan fingerprint density at radius 1 is 1.21 bits per heavy atom. The van der Waals surface area contributed by atoms with E-state index in [4.69, 9.17) is 27.9 Å². The first-order valence-electron chi connectivity index (χ1n) is 9.34. The van der Waals surface area contributed by atoms with Gasteiger partial charge in [0.1, 0.15) is 5.75 Å². The van der Waals surface area contributed by atoms with E-state index in [9.17, 15) is 4.79 Å². The lowest BCUT2D eigenvalue weighted by Gasteiger charge is -2.33. The Morgan fingerprint density at radius 2 is 1.93 bits per heavy atom.